The molecule has 0 spiro atoms. The van der Waals surface area contributed by atoms with Crippen molar-refractivity contribution in [2.45, 2.75) is 143 Å². The average molecular weight is 634 g/mol. The van der Waals surface area contributed by atoms with Gasteiger partial charge in [-0.05, 0) is 57.8 Å². The molecule has 6 heteroatoms. The van der Waals surface area contributed by atoms with E-state index >= 15 is 0 Å². The Morgan fingerprint density at radius 2 is 0.881 bits per heavy atom. The van der Waals surface area contributed by atoms with Crippen LogP contribution in [0, 0.1) is 0 Å². The van der Waals surface area contributed by atoms with Crippen molar-refractivity contribution in [3.8, 4) is 11.5 Å². The molecule has 4 nitrogen and oxygen atoms in total. The van der Waals surface area contributed by atoms with Gasteiger partial charge >= 0.3 is 0 Å². The zero-order chi connectivity index (χ0) is 30.3. The first kappa shape index (κ1) is 38.2. The number of aromatic hydroxyl groups is 2. The monoisotopic (exact) mass is 633 g/mol. The van der Waals surface area contributed by atoms with Crippen molar-refractivity contribution in [3.05, 3.63) is 57.6 Å². The van der Waals surface area contributed by atoms with Crippen LogP contribution >= 0.6 is 0 Å². The maximum atomic E-state index is 11.2. The third kappa shape index (κ3) is 9.35. The van der Waals surface area contributed by atoms with Crippen LogP contribution in [0.15, 0.2) is 34.3 Å². The summed E-state index contributed by atoms with van der Waals surface area (Å²) in [5.74, 6) is 0.637. The second kappa shape index (κ2) is 13.9. The Labute approximate surface area is 273 Å². The van der Waals surface area contributed by atoms with Crippen LogP contribution in [0.2, 0.25) is 0 Å². The molecule has 234 valence electrons. The van der Waals surface area contributed by atoms with E-state index in [1.54, 1.807) is 0 Å². The number of phenols is 2. The molecule has 0 unspecified atom stereocenters. The third-order valence-electron chi connectivity index (χ3n) is 8.13. The van der Waals surface area contributed by atoms with E-state index in [9.17, 15) is 10.2 Å². The Balaban J connectivity index is 0.00000441. The van der Waals surface area contributed by atoms with Crippen molar-refractivity contribution in [3.63, 3.8) is 0 Å². The van der Waals surface area contributed by atoms with Crippen molar-refractivity contribution in [1.29, 1.82) is 0 Å². The summed E-state index contributed by atoms with van der Waals surface area (Å²) >= 11 is 0. The minimum Gasteiger partial charge on any atom is -1.00 e. The molecule has 1 aliphatic rings. The normalized spacial score (nSPS) is 18.7. The second-order valence-electron chi connectivity index (χ2n) is 15.9. The van der Waals surface area contributed by atoms with Gasteiger partial charge in [0.2, 0.25) is 0 Å². The van der Waals surface area contributed by atoms with Gasteiger partial charge in [-0.3, -0.25) is 9.98 Å². The number of benzene rings is 2. The summed E-state index contributed by atoms with van der Waals surface area (Å²) in [5.41, 5.74) is 5.39. The predicted octanol–water partition coefficient (Wildman–Crippen LogP) is 6.14. The minimum atomic E-state index is -0.179. The van der Waals surface area contributed by atoms with E-state index in [4.69, 9.17) is 9.98 Å². The van der Waals surface area contributed by atoms with Crippen LogP contribution < -0.4 is 12.4 Å². The number of nitrogens with zero attached hydrogens (tertiary/aromatic N) is 2. The van der Waals surface area contributed by atoms with Gasteiger partial charge < -0.3 is 22.6 Å². The molecule has 0 amide bonds. The van der Waals surface area contributed by atoms with Crippen molar-refractivity contribution in [1.82, 2.24) is 0 Å². The standard InChI is InChI=1S/C36H54N2O2.ClH.Cr/c1-33(2,3)25-17-23(31(39)27(19-25)35(7,8)9)21-37-29-15-13-14-16-30(29)38-22-24-18-26(34(4,5)6)20-28(32(24)40)36(10,11)12;;/h17-22,29-30,39-40H,13-16H2,1-12H3;1H;/p-1/t29-,30+;;. The first-order chi connectivity index (χ1) is 18.2. The van der Waals surface area contributed by atoms with Crippen molar-refractivity contribution >= 4 is 12.4 Å². The number of hydrogen-bond acceptors (Lipinski definition) is 4. The van der Waals surface area contributed by atoms with Gasteiger partial charge in [0.05, 0.1) is 12.1 Å². The molecule has 2 aromatic carbocycles. The van der Waals surface area contributed by atoms with Gasteiger partial charge in [-0.15, -0.1) is 0 Å². The Bertz CT molecular complexity index is 1170. The van der Waals surface area contributed by atoms with Gasteiger partial charge in [-0.1, -0.05) is 108 Å². The first-order valence-electron chi connectivity index (χ1n) is 15.0. The van der Waals surface area contributed by atoms with Gasteiger partial charge in [-0.25, -0.2) is 0 Å². The van der Waals surface area contributed by atoms with Gasteiger partial charge in [-0.2, -0.15) is 0 Å². The van der Waals surface area contributed by atoms with E-state index in [1.165, 1.54) is 11.1 Å². The van der Waals surface area contributed by atoms with Crippen molar-refractivity contribution < 1.29 is 40.0 Å². The molecule has 1 fully saturated rings. The molecule has 0 saturated heterocycles. The van der Waals surface area contributed by atoms with Gasteiger partial charge in [0.15, 0.2) is 0 Å². The van der Waals surface area contributed by atoms with Crippen LogP contribution in [-0.2, 0) is 39.0 Å². The molecular formula is C36H54ClCrN2O2-. The largest absolute Gasteiger partial charge is 1.00 e. The molecule has 0 heterocycles. The Morgan fingerprint density at radius 3 is 1.14 bits per heavy atom. The summed E-state index contributed by atoms with van der Waals surface area (Å²) in [4.78, 5) is 10.1. The summed E-state index contributed by atoms with van der Waals surface area (Å²) in [5, 5.41) is 22.5. The van der Waals surface area contributed by atoms with E-state index in [2.05, 4.69) is 107 Å². The maximum absolute atomic E-state index is 11.2. The summed E-state index contributed by atoms with van der Waals surface area (Å²) in [6.07, 6.45) is 7.90. The molecule has 42 heavy (non-hydrogen) atoms. The SMILES string of the molecule is CC(C)(C)c1cc(C=N[C@H]2CCCC[C@H]2N=Cc2cc(C(C)(C)C)cc(C(C)(C)C)c2O)c(O)c(C(C)(C)C)c1.[Cl-].[Cr]. The molecule has 2 atom stereocenters. The van der Waals surface area contributed by atoms with Crippen LogP contribution in [-0.4, -0.2) is 34.7 Å². The van der Waals surface area contributed by atoms with Crippen LogP contribution in [0.3, 0.4) is 0 Å². The fraction of sp³-hybridized carbons (Fsp3) is 0.611. The van der Waals surface area contributed by atoms with Crippen molar-refractivity contribution in [2.75, 3.05) is 0 Å². The topological polar surface area (TPSA) is 65.2 Å². The van der Waals surface area contributed by atoms with E-state index in [0.29, 0.717) is 11.5 Å². The maximum Gasteiger partial charge on any atom is 0.128 e. The molecule has 0 bridgehead atoms. The van der Waals surface area contributed by atoms with Gasteiger partial charge in [0, 0.05) is 52.0 Å². The van der Waals surface area contributed by atoms with E-state index < -0.39 is 0 Å². The number of aliphatic imine (C=N–C) groups is 2. The molecule has 1 aliphatic carbocycles. The number of halogens is 1. The van der Waals surface area contributed by atoms with Crippen LogP contribution in [0.5, 0.6) is 11.5 Å². The van der Waals surface area contributed by atoms with Crippen molar-refractivity contribution in [2.24, 2.45) is 9.98 Å². The zero-order valence-electron chi connectivity index (χ0n) is 28.0. The third-order valence-corrected chi connectivity index (χ3v) is 8.13. The molecule has 1 saturated carbocycles. The molecule has 3 rings (SSSR count). The average Bonchev–Trinajstić information content (AvgIpc) is 2.80. The Morgan fingerprint density at radius 1 is 0.571 bits per heavy atom. The minimum absolute atomic E-state index is 0. The van der Waals surface area contributed by atoms with E-state index in [0.717, 1.165) is 47.9 Å². The van der Waals surface area contributed by atoms with Gasteiger partial charge in [0.25, 0.3) is 0 Å². The molecule has 0 aliphatic heterocycles. The van der Waals surface area contributed by atoms with Crippen LogP contribution in [0.4, 0.5) is 0 Å². The molecule has 2 aromatic rings. The number of phenolic OH excluding ortho intramolecular Hbond substituents is 2. The molecule has 2 N–H and O–H groups in total. The quantitative estimate of drug-likeness (QED) is 0.398. The Hall–Kier alpha value is -1.80. The molecule has 0 radical (unpaired) electrons. The predicted molar refractivity (Wildman–Crippen MR) is 172 cm³/mol. The van der Waals surface area contributed by atoms with E-state index in [1.807, 2.05) is 12.4 Å². The summed E-state index contributed by atoms with van der Waals surface area (Å²) in [6, 6.07) is 8.53. The summed E-state index contributed by atoms with van der Waals surface area (Å²) in [6.45, 7) is 26.0. The zero-order valence-corrected chi connectivity index (χ0v) is 30.1. The summed E-state index contributed by atoms with van der Waals surface area (Å²) in [7, 11) is 0. The van der Waals surface area contributed by atoms with Gasteiger partial charge in [0.1, 0.15) is 11.5 Å². The molecule has 0 aromatic heterocycles. The van der Waals surface area contributed by atoms with E-state index in [-0.39, 0.29) is 63.5 Å². The van der Waals surface area contributed by atoms with Crippen LogP contribution in [0.1, 0.15) is 142 Å². The molecular weight excluding hydrogens is 580 g/mol. The second-order valence-corrected chi connectivity index (χ2v) is 15.9. The smallest absolute Gasteiger partial charge is 0.128 e. The Kier molecular flexibility index (Phi) is 12.6. The fourth-order valence-corrected chi connectivity index (χ4v) is 5.31. The number of rotatable bonds is 4. The first-order valence-corrected chi connectivity index (χ1v) is 15.0. The fourth-order valence-electron chi connectivity index (χ4n) is 5.31. The number of hydrogen-bond donors (Lipinski definition) is 2. The summed E-state index contributed by atoms with van der Waals surface area (Å²) < 4.78 is 0. The van der Waals surface area contributed by atoms with Crippen LogP contribution in [0.25, 0.3) is 0 Å².